The third kappa shape index (κ3) is 3.50. The summed E-state index contributed by atoms with van der Waals surface area (Å²) in [5.74, 6) is 1.31. The highest BCUT2D eigenvalue weighted by molar-refractivity contribution is 7.89. The molecule has 8 heteroatoms. The van der Waals surface area contributed by atoms with Gasteiger partial charge < -0.3 is 9.30 Å². The van der Waals surface area contributed by atoms with Gasteiger partial charge in [0.05, 0.1) is 16.5 Å². The second kappa shape index (κ2) is 5.82. The fourth-order valence-corrected chi connectivity index (χ4v) is 2.51. The average Bonchev–Trinajstić information content (AvgIpc) is 2.76. The molecule has 0 spiro atoms. The van der Waals surface area contributed by atoms with Crippen LogP contribution in [0.2, 0.25) is 5.02 Å². The first-order valence-electron chi connectivity index (χ1n) is 5.81. The Hall–Kier alpha value is -1.57. The van der Waals surface area contributed by atoms with E-state index in [1.807, 2.05) is 17.7 Å². The number of aromatic nitrogens is 2. The zero-order valence-electron chi connectivity index (χ0n) is 10.8. The van der Waals surface area contributed by atoms with E-state index in [9.17, 15) is 8.42 Å². The SMILES string of the molecule is Cc1nccn1CCOc1ccc(S(N)(=O)=O)cc1Cl. The van der Waals surface area contributed by atoms with Gasteiger partial charge in [-0.2, -0.15) is 0 Å². The van der Waals surface area contributed by atoms with E-state index in [0.29, 0.717) is 18.9 Å². The molecule has 1 aromatic heterocycles. The number of halogens is 1. The molecule has 0 fully saturated rings. The first kappa shape index (κ1) is 14.8. The number of rotatable bonds is 5. The van der Waals surface area contributed by atoms with E-state index < -0.39 is 10.0 Å². The molecular formula is C12H14ClN3O3S. The summed E-state index contributed by atoms with van der Waals surface area (Å²) in [6, 6.07) is 4.12. The van der Waals surface area contributed by atoms with E-state index >= 15 is 0 Å². The van der Waals surface area contributed by atoms with Crippen LogP contribution in [0.3, 0.4) is 0 Å². The van der Waals surface area contributed by atoms with Crippen molar-refractivity contribution in [1.29, 1.82) is 0 Å². The van der Waals surface area contributed by atoms with Crippen LogP contribution in [-0.4, -0.2) is 24.6 Å². The minimum Gasteiger partial charge on any atom is -0.490 e. The lowest BCUT2D eigenvalue weighted by Gasteiger charge is -2.10. The molecule has 2 aromatic rings. The number of hydrogen-bond acceptors (Lipinski definition) is 4. The summed E-state index contributed by atoms with van der Waals surface area (Å²) in [4.78, 5) is 4.06. The van der Waals surface area contributed by atoms with Gasteiger partial charge in [-0.1, -0.05) is 11.6 Å². The number of aryl methyl sites for hydroxylation is 1. The highest BCUT2D eigenvalue weighted by Gasteiger charge is 2.11. The lowest BCUT2D eigenvalue weighted by atomic mass is 10.3. The maximum Gasteiger partial charge on any atom is 0.238 e. The number of benzene rings is 1. The lowest BCUT2D eigenvalue weighted by Crippen LogP contribution is -2.12. The quantitative estimate of drug-likeness (QED) is 0.907. The lowest BCUT2D eigenvalue weighted by molar-refractivity contribution is 0.297. The Balaban J connectivity index is 2.02. The molecule has 2 rings (SSSR count). The largest absolute Gasteiger partial charge is 0.490 e. The Labute approximate surface area is 122 Å². The van der Waals surface area contributed by atoms with Crippen molar-refractivity contribution in [2.45, 2.75) is 18.4 Å². The summed E-state index contributed by atoms with van der Waals surface area (Å²) in [5.41, 5.74) is 0. The standard InChI is InChI=1S/C12H14ClN3O3S/c1-9-15-4-5-16(9)6-7-19-12-3-2-10(8-11(12)13)20(14,17)18/h2-5,8H,6-7H2,1H3,(H2,14,17,18). The van der Waals surface area contributed by atoms with Crippen molar-refractivity contribution in [3.8, 4) is 5.75 Å². The maximum atomic E-state index is 11.2. The number of nitrogens with zero attached hydrogens (tertiary/aromatic N) is 2. The Morgan fingerprint density at radius 2 is 2.20 bits per heavy atom. The summed E-state index contributed by atoms with van der Waals surface area (Å²) >= 11 is 5.96. The first-order chi connectivity index (χ1) is 9.38. The van der Waals surface area contributed by atoms with E-state index in [0.717, 1.165) is 5.82 Å². The van der Waals surface area contributed by atoms with Gasteiger partial charge in [0.25, 0.3) is 0 Å². The van der Waals surface area contributed by atoms with Gasteiger partial charge in [-0.3, -0.25) is 0 Å². The van der Waals surface area contributed by atoms with Crippen LogP contribution >= 0.6 is 11.6 Å². The monoisotopic (exact) mass is 315 g/mol. The van der Waals surface area contributed by atoms with Crippen LogP contribution in [0.1, 0.15) is 5.82 Å². The van der Waals surface area contributed by atoms with E-state index in [-0.39, 0.29) is 9.92 Å². The van der Waals surface area contributed by atoms with Gasteiger partial charge in [0.2, 0.25) is 10.0 Å². The number of ether oxygens (including phenoxy) is 1. The summed E-state index contributed by atoms with van der Waals surface area (Å²) in [6.45, 7) is 2.92. The number of hydrogen-bond donors (Lipinski definition) is 1. The predicted molar refractivity (Wildman–Crippen MR) is 75.3 cm³/mol. The van der Waals surface area contributed by atoms with Gasteiger partial charge in [0, 0.05) is 12.4 Å². The van der Waals surface area contributed by atoms with E-state index in [1.165, 1.54) is 18.2 Å². The van der Waals surface area contributed by atoms with Gasteiger partial charge in [-0.05, 0) is 25.1 Å². The Morgan fingerprint density at radius 3 is 2.75 bits per heavy atom. The highest BCUT2D eigenvalue weighted by Crippen LogP contribution is 2.26. The van der Waals surface area contributed by atoms with Crippen molar-refractivity contribution in [3.63, 3.8) is 0 Å². The van der Waals surface area contributed by atoms with Crippen molar-refractivity contribution in [2.75, 3.05) is 6.61 Å². The molecule has 1 heterocycles. The van der Waals surface area contributed by atoms with Crippen molar-refractivity contribution in [1.82, 2.24) is 9.55 Å². The maximum absolute atomic E-state index is 11.2. The van der Waals surface area contributed by atoms with Crippen LogP contribution in [0.25, 0.3) is 0 Å². The minimum atomic E-state index is -3.76. The molecule has 0 saturated carbocycles. The molecule has 0 saturated heterocycles. The topological polar surface area (TPSA) is 87.2 Å². The fraction of sp³-hybridized carbons (Fsp3) is 0.250. The van der Waals surface area contributed by atoms with E-state index in [1.54, 1.807) is 6.20 Å². The second-order valence-corrected chi connectivity index (χ2v) is 6.12. The van der Waals surface area contributed by atoms with Crippen molar-refractivity contribution in [2.24, 2.45) is 5.14 Å². The summed E-state index contributed by atoms with van der Waals surface area (Å²) in [6.07, 6.45) is 3.56. The smallest absolute Gasteiger partial charge is 0.238 e. The molecule has 1 aromatic carbocycles. The molecule has 0 aliphatic carbocycles. The average molecular weight is 316 g/mol. The minimum absolute atomic E-state index is 0.0414. The molecule has 0 atom stereocenters. The molecule has 108 valence electrons. The molecule has 0 aliphatic heterocycles. The third-order valence-electron chi connectivity index (χ3n) is 2.75. The molecule has 0 unspecified atom stereocenters. The molecule has 0 radical (unpaired) electrons. The van der Waals surface area contributed by atoms with Crippen LogP contribution in [0, 0.1) is 6.92 Å². The second-order valence-electron chi connectivity index (χ2n) is 4.15. The van der Waals surface area contributed by atoms with Crippen molar-refractivity contribution >= 4 is 21.6 Å². The fourth-order valence-electron chi connectivity index (χ4n) is 1.67. The van der Waals surface area contributed by atoms with Crippen LogP contribution in [0.15, 0.2) is 35.5 Å². The number of sulfonamides is 1. The molecule has 2 N–H and O–H groups in total. The molecule has 6 nitrogen and oxygen atoms in total. The van der Waals surface area contributed by atoms with Crippen LogP contribution < -0.4 is 9.88 Å². The molecule has 0 bridgehead atoms. The highest BCUT2D eigenvalue weighted by atomic mass is 35.5. The third-order valence-corrected chi connectivity index (χ3v) is 3.95. The van der Waals surface area contributed by atoms with Crippen LogP contribution in [0.5, 0.6) is 5.75 Å². The summed E-state index contributed by atoms with van der Waals surface area (Å²) in [7, 11) is -3.76. The predicted octanol–water partition coefficient (Wildman–Crippen LogP) is 1.57. The van der Waals surface area contributed by atoms with E-state index in [2.05, 4.69) is 4.98 Å². The van der Waals surface area contributed by atoms with E-state index in [4.69, 9.17) is 21.5 Å². The number of imidazole rings is 1. The van der Waals surface area contributed by atoms with Crippen LogP contribution in [-0.2, 0) is 16.6 Å². The molecule has 0 amide bonds. The van der Waals surface area contributed by atoms with Crippen LogP contribution in [0.4, 0.5) is 0 Å². The van der Waals surface area contributed by atoms with Gasteiger partial charge in [0.15, 0.2) is 0 Å². The summed E-state index contributed by atoms with van der Waals surface area (Å²) in [5, 5.41) is 5.23. The van der Waals surface area contributed by atoms with Gasteiger partial charge in [-0.15, -0.1) is 0 Å². The zero-order chi connectivity index (χ0) is 14.8. The van der Waals surface area contributed by atoms with Gasteiger partial charge >= 0.3 is 0 Å². The van der Waals surface area contributed by atoms with Crippen molar-refractivity contribution in [3.05, 3.63) is 41.4 Å². The first-order valence-corrected chi connectivity index (χ1v) is 7.73. The van der Waals surface area contributed by atoms with Gasteiger partial charge in [-0.25, -0.2) is 18.5 Å². The molecular weight excluding hydrogens is 302 g/mol. The summed E-state index contributed by atoms with van der Waals surface area (Å²) < 4.78 is 29.8. The Bertz CT molecular complexity index is 712. The molecule has 0 aliphatic rings. The van der Waals surface area contributed by atoms with Crippen molar-refractivity contribution < 1.29 is 13.2 Å². The normalized spacial score (nSPS) is 11.6. The number of primary sulfonamides is 1. The zero-order valence-corrected chi connectivity index (χ0v) is 12.4. The Kier molecular flexibility index (Phi) is 4.32. The Morgan fingerprint density at radius 1 is 1.45 bits per heavy atom. The van der Waals surface area contributed by atoms with Gasteiger partial charge in [0.1, 0.15) is 18.2 Å². The number of nitrogens with two attached hydrogens (primary N) is 1. The molecule has 20 heavy (non-hydrogen) atoms.